The van der Waals surface area contributed by atoms with Crippen LogP contribution in [0.5, 0.6) is 0 Å². The molecule has 1 fully saturated rings. The second-order valence-corrected chi connectivity index (χ2v) is 8.42. The van der Waals surface area contributed by atoms with Gasteiger partial charge in [0.05, 0.1) is 47.7 Å². The zero-order chi connectivity index (χ0) is 20.5. The van der Waals surface area contributed by atoms with Gasteiger partial charge >= 0.3 is 0 Å². The molecule has 5 rings (SSSR count). The highest BCUT2D eigenvalue weighted by atomic mass is 15.3. The molecule has 0 saturated heterocycles. The van der Waals surface area contributed by atoms with Gasteiger partial charge in [-0.1, -0.05) is 26.7 Å². The molecule has 7 nitrogen and oxygen atoms in total. The average Bonchev–Trinajstić information content (AvgIpc) is 3.55. The Hall–Kier alpha value is -2.96. The van der Waals surface area contributed by atoms with Crippen molar-refractivity contribution in [2.24, 2.45) is 5.92 Å². The van der Waals surface area contributed by atoms with Crippen LogP contribution in [-0.4, -0.2) is 34.2 Å². The van der Waals surface area contributed by atoms with Crippen LogP contribution in [0.3, 0.4) is 0 Å². The van der Waals surface area contributed by atoms with Crippen molar-refractivity contribution in [1.29, 1.82) is 0 Å². The average molecular weight is 404 g/mol. The van der Waals surface area contributed by atoms with Crippen LogP contribution in [0.15, 0.2) is 43.2 Å². The molecule has 0 aromatic carbocycles. The minimum absolute atomic E-state index is 0.414. The fraction of sp³-hybridized carbons (Fsp3) is 0.478. The van der Waals surface area contributed by atoms with Gasteiger partial charge in [0.15, 0.2) is 0 Å². The molecule has 0 atom stereocenters. The van der Waals surface area contributed by atoms with Crippen molar-refractivity contribution in [2.75, 3.05) is 0 Å². The summed E-state index contributed by atoms with van der Waals surface area (Å²) in [5, 5.41) is 13.7. The van der Waals surface area contributed by atoms with Crippen molar-refractivity contribution < 1.29 is 0 Å². The van der Waals surface area contributed by atoms with Gasteiger partial charge < -0.3 is 0 Å². The summed E-state index contributed by atoms with van der Waals surface area (Å²) in [7, 11) is 0. The maximum Gasteiger partial charge on any atom is 0.0999 e. The zero-order valence-electron chi connectivity index (χ0n) is 17.8. The fourth-order valence-electron chi connectivity index (χ4n) is 4.65. The Kier molecular flexibility index (Phi) is 5.11. The van der Waals surface area contributed by atoms with Crippen molar-refractivity contribution in [2.45, 2.75) is 65.0 Å². The van der Waals surface area contributed by atoms with Crippen molar-refractivity contribution in [3.63, 3.8) is 0 Å². The molecule has 0 amide bonds. The van der Waals surface area contributed by atoms with E-state index in [1.165, 1.54) is 25.7 Å². The van der Waals surface area contributed by atoms with E-state index in [0.717, 1.165) is 53.3 Å². The standard InChI is InChI=1S/C23H29N7/c1-3-20(4-2)29-15-19(12-26-29)23-22-9-10-24-30(22)16-21(27-23)18-11-25-28(14-18)13-17-7-5-6-8-17/h9-12,14-17,20H,3-8,13H2,1-2H3. The Labute approximate surface area is 176 Å². The van der Waals surface area contributed by atoms with Gasteiger partial charge in [-0.15, -0.1) is 0 Å². The maximum absolute atomic E-state index is 5.02. The summed E-state index contributed by atoms with van der Waals surface area (Å²) < 4.78 is 6.04. The third-order valence-electron chi connectivity index (χ3n) is 6.43. The first kappa shape index (κ1) is 19.0. The van der Waals surface area contributed by atoms with Crippen molar-refractivity contribution >= 4 is 5.52 Å². The van der Waals surface area contributed by atoms with Crippen molar-refractivity contribution in [1.82, 2.24) is 34.2 Å². The summed E-state index contributed by atoms with van der Waals surface area (Å²) in [6.45, 7) is 5.40. The van der Waals surface area contributed by atoms with Crippen LogP contribution < -0.4 is 0 Å². The van der Waals surface area contributed by atoms with Gasteiger partial charge in [-0.05, 0) is 37.7 Å². The van der Waals surface area contributed by atoms with E-state index in [0.29, 0.717) is 6.04 Å². The van der Waals surface area contributed by atoms with E-state index in [4.69, 9.17) is 4.98 Å². The van der Waals surface area contributed by atoms with Crippen LogP contribution in [0, 0.1) is 5.92 Å². The van der Waals surface area contributed by atoms with Gasteiger partial charge in [0, 0.05) is 30.1 Å². The third-order valence-corrected chi connectivity index (χ3v) is 6.43. The second kappa shape index (κ2) is 8.05. The molecule has 4 aromatic heterocycles. The number of aromatic nitrogens is 7. The first-order chi connectivity index (χ1) is 14.7. The quantitative estimate of drug-likeness (QED) is 0.435. The zero-order valence-corrected chi connectivity index (χ0v) is 17.8. The Balaban J connectivity index is 1.50. The minimum atomic E-state index is 0.414. The lowest BCUT2D eigenvalue weighted by atomic mass is 10.1. The lowest BCUT2D eigenvalue weighted by Gasteiger charge is -2.12. The molecule has 0 spiro atoms. The van der Waals surface area contributed by atoms with E-state index < -0.39 is 0 Å². The fourth-order valence-corrected chi connectivity index (χ4v) is 4.65. The molecule has 1 aliphatic rings. The number of rotatable bonds is 7. The predicted molar refractivity (Wildman–Crippen MR) is 117 cm³/mol. The highest BCUT2D eigenvalue weighted by molar-refractivity contribution is 5.78. The van der Waals surface area contributed by atoms with E-state index in [1.54, 1.807) is 0 Å². The van der Waals surface area contributed by atoms with Crippen LogP contribution in [-0.2, 0) is 6.54 Å². The first-order valence-corrected chi connectivity index (χ1v) is 11.2. The van der Waals surface area contributed by atoms with Gasteiger partial charge in [-0.25, -0.2) is 9.50 Å². The molecule has 0 N–H and O–H groups in total. The molecule has 0 unspecified atom stereocenters. The van der Waals surface area contributed by atoms with Gasteiger partial charge in [-0.3, -0.25) is 9.36 Å². The van der Waals surface area contributed by atoms with Gasteiger partial charge in [-0.2, -0.15) is 15.3 Å². The Morgan fingerprint density at radius 3 is 2.57 bits per heavy atom. The van der Waals surface area contributed by atoms with Crippen molar-refractivity contribution in [3.8, 4) is 22.5 Å². The smallest absolute Gasteiger partial charge is 0.0999 e. The summed E-state index contributed by atoms with van der Waals surface area (Å²) in [6, 6.07) is 2.42. The van der Waals surface area contributed by atoms with Gasteiger partial charge in [0.25, 0.3) is 0 Å². The van der Waals surface area contributed by atoms with Crippen LogP contribution in [0.25, 0.3) is 28.0 Å². The first-order valence-electron chi connectivity index (χ1n) is 11.2. The molecule has 1 aliphatic carbocycles. The van der Waals surface area contributed by atoms with Gasteiger partial charge in [0.1, 0.15) is 0 Å². The van der Waals surface area contributed by atoms with Gasteiger partial charge in [0.2, 0.25) is 0 Å². The minimum Gasteiger partial charge on any atom is -0.272 e. The Morgan fingerprint density at radius 1 is 0.967 bits per heavy atom. The molecule has 4 aromatic rings. The van der Waals surface area contributed by atoms with E-state index in [2.05, 4.69) is 50.9 Å². The largest absolute Gasteiger partial charge is 0.272 e. The number of hydrogen-bond acceptors (Lipinski definition) is 4. The second-order valence-electron chi connectivity index (χ2n) is 8.42. The third kappa shape index (κ3) is 3.53. The van der Waals surface area contributed by atoms with E-state index in [1.807, 2.05) is 35.4 Å². The lowest BCUT2D eigenvalue weighted by molar-refractivity contribution is 0.428. The van der Waals surface area contributed by atoms with E-state index in [-0.39, 0.29) is 0 Å². The number of fused-ring (bicyclic) bond motifs is 1. The molecule has 0 aliphatic heterocycles. The molecular formula is C23H29N7. The molecule has 4 heterocycles. The summed E-state index contributed by atoms with van der Waals surface area (Å²) in [5.74, 6) is 0.755. The van der Waals surface area contributed by atoms with Crippen LogP contribution in [0.1, 0.15) is 58.4 Å². The van der Waals surface area contributed by atoms with Crippen LogP contribution >= 0.6 is 0 Å². The summed E-state index contributed by atoms with van der Waals surface area (Å²) in [6.07, 6.45) is 19.3. The van der Waals surface area contributed by atoms with Crippen LogP contribution in [0.2, 0.25) is 0 Å². The normalized spacial score (nSPS) is 15.0. The SMILES string of the molecule is CCC(CC)n1cc(-c2nc(-c3cnn(CC4CCCC4)c3)cn3nccc23)cn1. The molecule has 156 valence electrons. The molecular weight excluding hydrogens is 374 g/mol. The number of nitrogens with zero attached hydrogens (tertiary/aromatic N) is 7. The topological polar surface area (TPSA) is 65.8 Å². The summed E-state index contributed by atoms with van der Waals surface area (Å²) >= 11 is 0. The molecule has 30 heavy (non-hydrogen) atoms. The molecule has 7 heteroatoms. The lowest BCUT2D eigenvalue weighted by Crippen LogP contribution is -2.07. The van der Waals surface area contributed by atoms with E-state index >= 15 is 0 Å². The Morgan fingerprint density at radius 2 is 1.77 bits per heavy atom. The van der Waals surface area contributed by atoms with Crippen LogP contribution in [0.4, 0.5) is 0 Å². The maximum atomic E-state index is 5.02. The predicted octanol–water partition coefficient (Wildman–Crippen LogP) is 5.01. The van der Waals surface area contributed by atoms with E-state index in [9.17, 15) is 0 Å². The highest BCUT2D eigenvalue weighted by Gasteiger charge is 2.18. The Bertz CT molecular complexity index is 1130. The highest BCUT2D eigenvalue weighted by Crippen LogP contribution is 2.29. The molecule has 0 bridgehead atoms. The summed E-state index contributed by atoms with van der Waals surface area (Å²) in [4.78, 5) is 5.02. The molecule has 1 saturated carbocycles. The molecule has 0 radical (unpaired) electrons. The summed E-state index contributed by atoms with van der Waals surface area (Å²) in [5.41, 5.74) is 4.83. The number of hydrogen-bond donors (Lipinski definition) is 0. The monoisotopic (exact) mass is 403 g/mol. The van der Waals surface area contributed by atoms with Crippen molar-refractivity contribution in [3.05, 3.63) is 43.2 Å².